The molecule has 0 spiro atoms. The van der Waals surface area contributed by atoms with Crippen molar-refractivity contribution >= 4 is 12.6 Å². The molecule has 2 atom stereocenters. The fraction of sp³-hybridized carbons (Fsp3) is 1.00. The second-order valence-corrected chi connectivity index (χ2v) is 5.59. The Morgan fingerprint density at radius 3 is 2.19 bits per heavy atom. The van der Waals surface area contributed by atoms with Crippen LogP contribution in [0.15, 0.2) is 0 Å². The smallest absolute Gasteiger partial charge is 0.0194 e. The summed E-state index contributed by atoms with van der Waals surface area (Å²) in [6.45, 7) is 10.4. The summed E-state index contributed by atoms with van der Waals surface area (Å²) in [5.74, 6) is 1.82. The van der Waals surface area contributed by atoms with Crippen molar-refractivity contribution < 1.29 is 0 Å². The molecular weight excluding hydrogens is 216 g/mol. The zero-order valence-electron chi connectivity index (χ0n) is 11.7. The van der Waals surface area contributed by atoms with E-state index in [1.807, 2.05) is 0 Å². The first kappa shape index (κ1) is 16.3. The first-order chi connectivity index (χ1) is 7.51. The number of hydrogen-bond acceptors (Lipinski definition) is 3. The molecule has 0 aromatic heterocycles. The molecule has 0 aliphatic rings. The van der Waals surface area contributed by atoms with Crippen molar-refractivity contribution in [2.24, 2.45) is 5.92 Å². The monoisotopic (exact) mass is 246 g/mol. The number of thiol groups is 1. The van der Waals surface area contributed by atoms with E-state index in [4.69, 9.17) is 0 Å². The molecular formula is C13H30N2S. The molecule has 0 aromatic carbocycles. The average molecular weight is 246 g/mol. The van der Waals surface area contributed by atoms with Gasteiger partial charge in [-0.1, -0.05) is 13.8 Å². The minimum absolute atomic E-state index is 0.656. The largest absolute Gasteiger partial charge is 0.308 e. The molecule has 0 fully saturated rings. The molecule has 0 saturated carbocycles. The highest BCUT2D eigenvalue weighted by Gasteiger charge is 2.13. The lowest BCUT2D eigenvalue weighted by molar-refractivity contribution is 0.172. The van der Waals surface area contributed by atoms with Gasteiger partial charge in [0.05, 0.1) is 0 Å². The lowest BCUT2D eigenvalue weighted by atomic mass is 10.0. The molecule has 2 unspecified atom stereocenters. The second-order valence-electron chi connectivity index (χ2n) is 5.15. The minimum Gasteiger partial charge on any atom is -0.308 e. The van der Waals surface area contributed by atoms with Crippen molar-refractivity contribution in [3.05, 3.63) is 0 Å². The predicted molar refractivity (Wildman–Crippen MR) is 77.5 cm³/mol. The van der Waals surface area contributed by atoms with Gasteiger partial charge >= 0.3 is 0 Å². The Hall–Kier alpha value is 0.270. The van der Waals surface area contributed by atoms with Gasteiger partial charge in [-0.15, -0.1) is 0 Å². The standard InChI is InChI=1S/C13H30N2S/c1-6-15(13(3)11-14(4)5)9-7-12(2)8-10-16/h12-13,16H,6-11H2,1-5H3. The van der Waals surface area contributed by atoms with Crippen LogP contribution >= 0.6 is 12.6 Å². The molecule has 0 rings (SSSR count). The third-order valence-corrected chi connectivity index (χ3v) is 3.45. The van der Waals surface area contributed by atoms with Crippen LogP contribution in [-0.2, 0) is 0 Å². The zero-order chi connectivity index (χ0) is 12.6. The highest BCUT2D eigenvalue weighted by molar-refractivity contribution is 7.80. The summed E-state index contributed by atoms with van der Waals surface area (Å²) in [5, 5.41) is 0. The third kappa shape index (κ3) is 7.53. The second kappa shape index (κ2) is 9.32. The Balaban J connectivity index is 3.89. The van der Waals surface area contributed by atoms with Crippen molar-refractivity contribution in [3.63, 3.8) is 0 Å². The highest BCUT2D eigenvalue weighted by Crippen LogP contribution is 2.11. The van der Waals surface area contributed by atoms with Crippen LogP contribution in [0.4, 0.5) is 0 Å². The molecule has 3 heteroatoms. The molecule has 0 bridgehead atoms. The molecule has 0 saturated heterocycles. The van der Waals surface area contributed by atoms with Gasteiger partial charge in [-0.05, 0) is 58.6 Å². The van der Waals surface area contributed by atoms with Crippen molar-refractivity contribution in [2.75, 3.05) is 39.5 Å². The Morgan fingerprint density at radius 2 is 1.75 bits per heavy atom. The van der Waals surface area contributed by atoms with Gasteiger partial charge in [0.25, 0.3) is 0 Å². The van der Waals surface area contributed by atoms with Crippen LogP contribution in [0, 0.1) is 5.92 Å². The van der Waals surface area contributed by atoms with Crippen LogP contribution in [-0.4, -0.2) is 55.3 Å². The van der Waals surface area contributed by atoms with Gasteiger partial charge in [-0.3, -0.25) is 4.90 Å². The van der Waals surface area contributed by atoms with Gasteiger partial charge < -0.3 is 4.90 Å². The molecule has 0 N–H and O–H groups in total. The van der Waals surface area contributed by atoms with E-state index in [2.05, 4.69) is 57.3 Å². The first-order valence-electron chi connectivity index (χ1n) is 6.50. The molecule has 0 radical (unpaired) electrons. The van der Waals surface area contributed by atoms with Crippen LogP contribution in [0.25, 0.3) is 0 Å². The van der Waals surface area contributed by atoms with E-state index in [0.29, 0.717) is 6.04 Å². The van der Waals surface area contributed by atoms with Gasteiger partial charge in [0, 0.05) is 12.6 Å². The zero-order valence-corrected chi connectivity index (χ0v) is 12.6. The Morgan fingerprint density at radius 1 is 1.12 bits per heavy atom. The number of rotatable bonds is 9. The number of hydrogen-bond donors (Lipinski definition) is 1. The van der Waals surface area contributed by atoms with Gasteiger partial charge in [0.2, 0.25) is 0 Å². The van der Waals surface area contributed by atoms with E-state index in [1.165, 1.54) is 19.4 Å². The third-order valence-electron chi connectivity index (χ3n) is 3.19. The van der Waals surface area contributed by atoms with E-state index in [1.54, 1.807) is 0 Å². The van der Waals surface area contributed by atoms with Crippen molar-refractivity contribution in [3.8, 4) is 0 Å². The minimum atomic E-state index is 0.656. The lowest BCUT2D eigenvalue weighted by Gasteiger charge is -2.30. The summed E-state index contributed by atoms with van der Waals surface area (Å²) in [7, 11) is 4.29. The molecule has 0 aromatic rings. The molecule has 2 nitrogen and oxygen atoms in total. The van der Waals surface area contributed by atoms with Gasteiger partial charge in [-0.25, -0.2) is 0 Å². The molecule has 0 aliphatic heterocycles. The molecule has 16 heavy (non-hydrogen) atoms. The van der Waals surface area contributed by atoms with E-state index < -0.39 is 0 Å². The van der Waals surface area contributed by atoms with Crippen LogP contribution < -0.4 is 0 Å². The number of nitrogens with zero attached hydrogens (tertiary/aromatic N) is 2. The van der Waals surface area contributed by atoms with Crippen LogP contribution in [0.5, 0.6) is 0 Å². The maximum Gasteiger partial charge on any atom is 0.0194 e. The molecule has 0 aliphatic carbocycles. The average Bonchev–Trinajstić information content (AvgIpc) is 2.17. The summed E-state index contributed by atoms with van der Waals surface area (Å²) >= 11 is 4.29. The SMILES string of the molecule is CCN(CCC(C)CCS)C(C)CN(C)C. The Labute approximate surface area is 108 Å². The van der Waals surface area contributed by atoms with E-state index in [-0.39, 0.29) is 0 Å². The fourth-order valence-corrected chi connectivity index (χ4v) is 2.53. The Bertz CT molecular complexity index is 162. The Kier molecular flexibility index (Phi) is 9.47. The maximum atomic E-state index is 4.29. The van der Waals surface area contributed by atoms with Gasteiger partial charge in [-0.2, -0.15) is 12.6 Å². The van der Waals surface area contributed by atoms with Crippen molar-refractivity contribution in [1.82, 2.24) is 9.80 Å². The molecule has 0 heterocycles. The van der Waals surface area contributed by atoms with Crippen molar-refractivity contribution in [2.45, 2.75) is 39.7 Å². The van der Waals surface area contributed by atoms with E-state index >= 15 is 0 Å². The summed E-state index contributed by atoms with van der Waals surface area (Å²) < 4.78 is 0. The van der Waals surface area contributed by atoms with Crippen LogP contribution in [0.2, 0.25) is 0 Å². The fourth-order valence-electron chi connectivity index (χ4n) is 2.09. The number of likely N-dealkylation sites (N-methyl/N-ethyl adjacent to an activating group) is 2. The normalized spacial score (nSPS) is 15.8. The van der Waals surface area contributed by atoms with Gasteiger partial charge in [0.15, 0.2) is 0 Å². The lowest BCUT2D eigenvalue weighted by Crippen LogP contribution is -2.40. The highest BCUT2D eigenvalue weighted by atomic mass is 32.1. The summed E-state index contributed by atoms with van der Waals surface area (Å²) in [4.78, 5) is 4.85. The maximum absolute atomic E-state index is 4.29. The van der Waals surface area contributed by atoms with Crippen LogP contribution in [0.1, 0.15) is 33.6 Å². The van der Waals surface area contributed by atoms with E-state index in [0.717, 1.165) is 24.8 Å². The molecule has 0 amide bonds. The predicted octanol–water partition coefficient (Wildman–Crippen LogP) is 2.60. The first-order valence-corrected chi connectivity index (χ1v) is 7.14. The summed E-state index contributed by atoms with van der Waals surface area (Å²) in [6.07, 6.45) is 2.54. The van der Waals surface area contributed by atoms with Crippen LogP contribution in [0.3, 0.4) is 0 Å². The topological polar surface area (TPSA) is 6.48 Å². The summed E-state index contributed by atoms with van der Waals surface area (Å²) in [5.41, 5.74) is 0. The van der Waals surface area contributed by atoms with Crippen molar-refractivity contribution in [1.29, 1.82) is 0 Å². The molecule has 98 valence electrons. The van der Waals surface area contributed by atoms with Gasteiger partial charge in [0.1, 0.15) is 0 Å². The van der Waals surface area contributed by atoms with E-state index in [9.17, 15) is 0 Å². The quantitative estimate of drug-likeness (QED) is 0.625. The summed E-state index contributed by atoms with van der Waals surface area (Å²) in [6, 6.07) is 0.656.